The van der Waals surface area contributed by atoms with Crippen LogP contribution in [0.5, 0.6) is 11.5 Å². The van der Waals surface area contributed by atoms with Crippen LogP contribution < -0.4 is 14.9 Å². The molecule has 0 aliphatic rings. The molecule has 0 heterocycles. The zero-order chi connectivity index (χ0) is 24.5. The molecule has 35 heavy (non-hydrogen) atoms. The third kappa shape index (κ3) is 6.79. The zero-order valence-corrected chi connectivity index (χ0v) is 19.3. The predicted octanol–water partition coefficient (Wildman–Crippen LogP) is 5.90. The predicted molar refractivity (Wildman–Crippen MR) is 135 cm³/mol. The third-order valence-corrected chi connectivity index (χ3v) is 5.13. The summed E-state index contributed by atoms with van der Waals surface area (Å²) in [6, 6.07) is 29.9. The van der Waals surface area contributed by atoms with Gasteiger partial charge in [-0.15, -0.1) is 0 Å². The lowest BCUT2D eigenvalue weighted by Gasteiger charge is -2.10. The summed E-state index contributed by atoms with van der Waals surface area (Å²) in [4.78, 5) is 24.9. The molecular formula is C28H21ClN2O4. The molecule has 1 N–H and O–H groups in total. The van der Waals surface area contributed by atoms with Gasteiger partial charge < -0.3 is 9.47 Å². The number of hydrogen-bond donors (Lipinski definition) is 1. The van der Waals surface area contributed by atoms with Crippen LogP contribution in [0, 0.1) is 0 Å². The van der Waals surface area contributed by atoms with E-state index in [4.69, 9.17) is 21.1 Å². The number of para-hydroxylation sites is 1. The van der Waals surface area contributed by atoms with Crippen molar-refractivity contribution in [1.82, 2.24) is 5.43 Å². The Labute approximate surface area is 207 Å². The van der Waals surface area contributed by atoms with Gasteiger partial charge in [0, 0.05) is 5.02 Å². The summed E-state index contributed by atoms with van der Waals surface area (Å²) in [5, 5.41) is 4.48. The fourth-order valence-electron chi connectivity index (χ4n) is 3.14. The van der Waals surface area contributed by atoms with Crippen molar-refractivity contribution in [3.05, 3.63) is 130 Å². The van der Waals surface area contributed by atoms with Gasteiger partial charge in [-0.3, -0.25) is 4.79 Å². The van der Waals surface area contributed by atoms with Crippen molar-refractivity contribution in [3.63, 3.8) is 0 Å². The average Bonchev–Trinajstić information content (AvgIpc) is 2.89. The molecule has 0 bridgehead atoms. The molecule has 7 heteroatoms. The van der Waals surface area contributed by atoms with Gasteiger partial charge in [0.05, 0.1) is 17.3 Å². The Morgan fingerprint density at radius 1 is 0.857 bits per heavy atom. The summed E-state index contributed by atoms with van der Waals surface area (Å²) >= 11 is 5.91. The SMILES string of the molecule is O=C(Oc1ccc(C=NNC(=O)c2ccccc2OCc2ccccc2)cc1)c1cccc(Cl)c1. The molecule has 4 rings (SSSR count). The highest BCUT2D eigenvalue weighted by atomic mass is 35.5. The molecule has 0 spiro atoms. The summed E-state index contributed by atoms with van der Waals surface area (Å²) in [5.74, 6) is -0.0538. The van der Waals surface area contributed by atoms with Gasteiger partial charge >= 0.3 is 5.97 Å². The number of ether oxygens (including phenoxy) is 2. The van der Waals surface area contributed by atoms with Crippen LogP contribution in [0.15, 0.2) is 108 Å². The molecule has 0 unspecified atom stereocenters. The van der Waals surface area contributed by atoms with Crippen molar-refractivity contribution in [2.75, 3.05) is 0 Å². The molecule has 0 saturated heterocycles. The monoisotopic (exact) mass is 484 g/mol. The first-order valence-electron chi connectivity index (χ1n) is 10.8. The first kappa shape index (κ1) is 23.7. The molecule has 0 saturated carbocycles. The molecule has 0 radical (unpaired) electrons. The van der Waals surface area contributed by atoms with Crippen molar-refractivity contribution in [1.29, 1.82) is 0 Å². The Hall–Kier alpha value is -4.42. The molecular weight excluding hydrogens is 464 g/mol. The summed E-state index contributed by atoms with van der Waals surface area (Å²) in [5.41, 5.74) is 4.96. The van der Waals surface area contributed by atoms with Gasteiger partial charge in [-0.05, 0) is 65.7 Å². The number of hydrazone groups is 1. The molecule has 1 amide bonds. The van der Waals surface area contributed by atoms with E-state index < -0.39 is 11.9 Å². The zero-order valence-electron chi connectivity index (χ0n) is 18.6. The maximum absolute atomic E-state index is 12.6. The summed E-state index contributed by atoms with van der Waals surface area (Å²) < 4.78 is 11.2. The van der Waals surface area contributed by atoms with Gasteiger partial charge in [0.15, 0.2) is 0 Å². The van der Waals surface area contributed by atoms with Gasteiger partial charge in [-0.1, -0.05) is 60.1 Å². The Morgan fingerprint density at radius 2 is 1.60 bits per heavy atom. The van der Waals surface area contributed by atoms with Gasteiger partial charge in [0.2, 0.25) is 0 Å². The number of hydrogen-bond acceptors (Lipinski definition) is 5. The van der Waals surface area contributed by atoms with E-state index in [1.807, 2.05) is 30.3 Å². The van der Waals surface area contributed by atoms with Gasteiger partial charge in [0.25, 0.3) is 5.91 Å². The maximum atomic E-state index is 12.6. The van der Waals surface area contributed by atoms with E-state index in [1.165, 1.54) is 6.21 Å². The minimum atomic E-state index is -0.505. The summed E-state index contributed by atoms with van der Waals surface area (Å²) in [6.07, 6.45) is 1.49. The largest absolute Gasteiger partial charge is 0.488 e. The van der Waals surface area contributed by atoms with Crippen molar-refractivity contribution in [3.8, 4) is 11.5 Å². The van der Waals surface area contributed by atoms with Crippen LogP contribution in [0.1, 0.15) is 31.8 Å². The van der Waals surface area contributed by atoms with Crippen LogP contribution in [0.4, 0.5) is 0 Å². The Kier molecular flexibility index (Phi) is 7.88. The number of nitrogens with one attached hydrogen (secondary N) is 1. The number of rotatable bonds is 8. The van der Waals surface area contributed by atoms with Crippen LogP contribution in [0.2, 0.25) is 5.02 Å². The lowest BCUT2D eigenvalue weighted by Crippen LogP contribution is -2.18. The van der Waals surface area contributed by atoms with Crippen LogP contribution in [-0.2, 0) is 6.61 Å². The number of benzene rings is 4. The average molecular weight is 485 g/mol. The smallest absolute Gasteiger partial charge is 0.343 e. The van der Waals surface area contributed by atoms with Crippen LogP contribution >= 0.6 is 11.6 Å². The van der Waals surface area contributed by atoms with Crippen molar-refractivity contribution >= 4 is 29.7 Å². The number of carbonyl (C=O) groups excluding carboxylic acids is 2. The van der Waals surface area contributed by atoms with E-state index in [1.54, 1.807) is 72.8 Å². The second-order valence-corrected chi connectivity index (χ2v) is 7.87. The lowest BCUT2D eigenvalue weighted by atomic mass is 10.2. The molecule has 0 aliphatic carbocycles. The third-order valence-electron chi connectivity index (χ3n) is 4.90. The Balaban J connectivity index is 1.33. The van der Waals surface area contributed by atoms with Crippen LogP contribution in [0.25, 0.3) is 0 Å². The van der Waals surface area contributed by atoms with Gasteiger partial charge in [0.1, 0.15) is 18.1 Å². The van der Waals surface area contributed by atoms with E-state index in [-0.39, 0.29) is 0 Å². The minimum absolute atomic E-state index is 0.350. The summed E-state index contributed by atoms with van der Waals surface area (Å²) in [7, 11) is 0. The number of carbonyl (C=O) groups is 2. The first-order valence-corrected chi connectivity index (χ1v) is 11.1. The van der Waals surface area contributed by atoms with Gasteiger partial charge in [-0.25, -0.2) is 10.2 Å². The Morgan fingerprint density at radius 3 is 2.37 bits per heavy atom. The lowest BCUT2D eigenvalue weighted by molar-refractivity contribution is 0.0734. The number of amides is 1. The quantitative estimate of drug-likeness (QED) is 0.146. The fraction of sp³-hybridized carbons (Fsp3) is 0.0357. The Bertz CT molecular complexity index is 1340. The molecule has 6 nitrogen and oxygen atoms in total. The molecule has 4 aromatic carbocycles. The standard InChI is InChI=1S/C28H21ClN2O4/c29-23-10-6-9-22(17-23)28(33)35-24-15-13-20(14-16-24)18-30-31-27(32)25-11-4-5-12-26(25)34-19-21-7-2-1-3-8-21/h1-18H,19H2,(H,31,32). The van der Waals surface area contributed by atoms with Crippen molar-refractivity contribution in [2.45, 2.75) is 6.61 Å². The van der Waals surface area contributed by atoms with Gasteiger partial charge in [-0.2, -0.15) is 5.10 Å². The number of halogens is 1. The number of esters is 1. The van der Waals surface area contributed by atoms with Crippen molar-refractivity contribution < 1.29 is 19.1 Å². The maximum Gasteiger partial charge on any atom is 0.343 e. The van der Waals surface area contributed by atoms with Crippen LogP contribution in [-0.4, -0.2) is 18.1 Å². The highest BCUT2D eigenvalue weighted by molar-refractivity contribution is 6.30. The molecule has 0 aromatic heterocycles. The number of nitrogens with zero attached hydrogens (tertiary/aromatic N) is 1. The topological polar surface area (TPSA) is 77.0 Å². The van der Waals surface area contributed by atoms with E-state index in [9.17, 15) is 9.59 Å². The minimum Gasteiger partial charge on any atom is -0.488 e. The second kappa shape index (κ2) is 11.6. The van der Waals surface area contributed by atoms with E-state index in [0.29, 0.717) is 39.8 Å². The molecule has 174 valence electrons. The first-order chi connectivity index (χ1) is 17.1. The molecule has 0 aliphatic heterocycles. The fourth-order valence-corrected chi connectivity index (χ4v) is 3.33. The van der Waals surface area contributed by atoms with Crippen LogP contribution in [0.3, 0.4) is 0 Å². The van der Waals surface area contributed by atoms with Crippen molar-refractivity contribution in [2.24, 2.45) is 5.10 Å². The van der Waals surface area contributed by atoms with E-state index in [0.717, 1.165) is 5.56 Å². The molecule has 4 aromatic rings. The summed E-state index contributed by atoms with van der Waals surface area (Å²) in [6.45, 7) is 0.350. The highest BCUT2D eigenvalue weighted by Gasteiger charge is 2.12. The normalized spacial score (nSPS) is 10.7. The highest BCUT2D eigenvalue weighted by Crippen LogP contribution is 2.20. The molecule has 0 atom stereocenters. The van der Waals surface area contributed by atoms with E-state index in [2.05, 4.69) is 10.5 Å². The molecule has 0 fully saturated rings. The van der Waals surface area contributed by atoms with E-state index >= 15 is 0 Å². The second-order valence-electron chi connectivity index (χ2n) is 7.44.